The van der Waals surface area contributed by atoms with E-state index in [2.05, 4.69) is 30.6 Å². The van der Waals surface area contributed by atoms with Crippen LogP contribution in [0, 0.1) is 20.8 Å². The predicted molar refractivity (Wildman–Crippen MR) is 144 cm³/mol. The lowest BCUT2D eigenvalue weighted by molar-refractivity contribution is -0.137. The standard InChI is InChI=1S/C14H14N4S2.C12H11F3N2O/c1-8-4-5-12(15-6-8)18-14-17-11(7-19-14)13-9(2)16-10(3)20-13;13-12(14,15)10-1-2-11(16-7-10)9-3-5-17(8-18)6-4-9/h4-7H,1-3H3,(H,15,17,18);1-3,7-8H,4-6H2. The zero-order valence-electron chi connectivity index (χ0n) is 20.9. The van der Waals surface area contributed by atoms with Gasteiger partial charge in [-0.2, -0.15) is 13.2 Å². The van der Waals surface area contributed by atoms with Crippen molar-refractivity contribution in [2.75, 3.05) is 18.4 Å². The minimum Gasteiger partial charge on any atom is -0.341 e. The molecule has 0 bridgehead atoms. The minimum atomic E-state index is -4.36. The van der Waals surface area contributed by atoms with Gasteiger partial charge in [-0.15, -0.1) is 22.7 Å². The number of anilines is 2. The summed E-state index contributed by atoms with van der Waals surface area (Å²) in [6.45, 7) is 7.10. The summed E-state index contributed by atoms with van der Waals surface area (Å²) in [4.78, 5) is 30.4. The van der Waals surface area contributed by atoms with Crippen LogP contribution in [0.2, 0.25) is 0 Å². The second kappa shape index (κ2) is 11.8. The molecule has 0 spiro atoms. The van der Waals surface area contributed by atoms with Crippen LogP contribution in [-0.4, -0.2) is 44.3 Å². The fourth-order valence-electron chi connectivity index (χ4n) is 3.62. The second-order valence-corrected chi connectivity index (χ2v) is 10.6. The third-order valence-corrected chi connectivity index (χ3v) is 7.45. The van der Waals surface area contributed by atoms with Crippen LogP contribution in [0.1, 0.15) is 33.9 Å². The Kier molecular flexibility index (Phi) is 8.52. The predicted octanol–water partition coefficient (Wildman–Crippen LogP) is 6.68. The van der Waals surface area contributed by atoms with Crippen LogP contribution in [-0.2, 0) is 11.0 Å². The Hall–Kier alpha value is -3.64. The minimum absolute atomic E-state index is 0.474. The van der Waals surface area contributed by atoms with Crippen molar-refractivity contribution in [1.29, 1.82) is 0 Å². The molecule has 7 nitrogen and oxygen atoms in total. The van der Waals surface area contributed by atoms with Gasteiger partial charge >= 0.3 is 6.18 Å². The van der Waals surface area contributed by atoms with Crippen molar-refractivity contribution in [1.82, 2.24) is 24.8 Å². The van der Waals surface area contributed by atoms with Gasteiger partial charge in [-0.1, -0.05) is 12.1 Å². The lowest BCUT2D eigenvalue weighted by Gasteiger charge is -2.22. The van der Waals surface area contributed by atoms with Gasteiger partial charge in [0.15, 0.2) is 5.13 Å². The number of carbonyl (C=O) groups is 1. The first-order valence-corrected chi connectivity index (χ1v) is 13.3. The van der Waals surface area contributed by atoms with E-state index in [1.54, 1.807) is 27.6 Å². The van der Waals surface area contributed by atoms with Gasteiger partial charge in [-0.3, -0.25) is 9.78 Å². The number of carbonyl (C=O) groups excluding carboxylic acids is 1. The molecule has 0 aromatic carbocycles. The Morgan fingerprint density at radius 2 is 1.84 bits per heavy atom. The van der Waals surface area contributed by atoms with Crippen molar-refractivity contribution in [2.45, 2.75) is 33.4 Å². The molecule has 0 radical (unpaired) electrons. The number of thiazole rings is 2. The smallest absolute Gasteiger partial charge is 0.341 e. The topological polar surface area (TPSA) is 83.9 Å². The summed E-state index contributed by atoms with van der Waals surface area (Å²) in [5, 5.41) is 7.20. The first kappa shape index (κ1) is 27.4. The van der Waals surface area contributed by atoms with Crippen molar-refractivity contribution in [3.05, 3.63) is 75.6 Å². The molecule has 0 atom stereocenters. The highest BCUT2D eigenvalue weighted by Crippen LogP contribution is 2.33. The van der Waals surface area contributed by atoms with E-state index in [9.17, 15) is 18.0 Å². The van der Waals surface area contributed by atoms with Crippen LogP contribution < -0.4 is 5.32 Å². The fraction of sp³-hybridized carbons (Fsp3) is 0.269. The van der Waals surface area contributed by atoms with Crippen LogP contribution in [0.4, 0.5) is 24.1 Å². The molecule has 1 amide bonds. The number of aromatic nitrogens is 4. The SMILES string of the molecule is Cc1ccc(Nc2nc(-c3sc(C)nc3C)cs2)nc1.O=CN1CC=C(c2ccc(C(F)(F)F)cn2)CC1. The van der Waals surface area contributed by atoms with E-state index >= 15 is 0 Å². The Labute approximate surface area is 226 Å². The van der Waals surface area contributed by atoms with Gasteiger partial charge in [0.1, 0.15) is 5.82 Å². The summed E-state index contributed by atoms with van der Waals surface area (Å²) in [7, 11) is 0. The molecule has 1 aliphatic heterocycles. The summed E-state index contributed by atoms with van der Waals surface area (Å²) in [6.07, 6.45) is 1.49. The normalized spacial score (nSPS) is 13.4. The molecule has 1 N–H and O–H groups in total. The lowest BCUT2D eigenvalue weighted by atomic mass is 10.0. The number of amides is 1. The van der Waals surface area contributed by atoms with Gasteiger partial charge in [-0.05, 0) is 56.5 Å². The van der Waals surface area contributed by atoms with Crippen LogP contribution >= 0.6 is 22.7 Å². The molecule has 4 aromatic heterocycles. The summed E-state index contributed by atoms with van der Waals surface area (Å²) in [6, 6.07) is 6.37. The molecule has 38 heavy (non-hydrogen) atoms. The number of hydrogen-bond acceptors (Lipinski definition) is 8. The van der Waals surface area contributed by atoms with E-state index in [0.717, 1.165) is 62.0 Å². The molecular formula is C26H25F3N6OS2. The summed E-state index contributed by atoms with van der Waals surface area (Å²) < 4.78 is 37.1. The van der Waals surface area contributed by atoms with Crippen molar-refractivity contribution in [2.24, 2.45) is 0 Å². The van der Waals surface area contributed by atoms with Crippen LogP contribution in [0.3, 0.4) is 0 Å². The quantitative estimate of drug-likeness (QED) is 0.275. The zero-order valence-corrected chi connectivity index (χ0v) is 22.5. The molecule has 5 heterocycles. The molecule has 5 rings (SSSR count). The monoisotopic (exact) mass is 558 g/mol. The zero-order chi connectivity index (χ0) is 27.3. The van der Waals surface area contributed by atoms with E-state index < -0.39 is 11.7 Å². The molecule has 0 saturated heterocycles. The number of nitrogens with zero attached hydrogens (tertiary/aromatic N) is 5. The molecule has 0 unspecified atom stereocenters. The maximum atomic E-state index is 12.4. The molecule has 0 saturated carbocycles. The maximum Gasteiger partial charge on any atom is 0.417 e. The van der Waals surface area contributed by atoms with E-state index in [1.807, 2.05) is 45.2 Å². The Balaban J connectivity index is 0.000000178. The van der Waals surface area contributed by atoms with E-state index in [1.165, 1.54) is 6.07 Å². The summed E-state index contributed by atoms with van der Waals surface area (Å²) in [5.41, 5.74) is 3.82. The van der Waals surface area contributed by atoms with Gasteiger partial charge < -0.3 is 10.2 Å². The largest absolute Gasteiger partial charge is 0.417 e. The third kappa shape index (κ3) is 7.01. The highest BCUT2D eigenvalue weighted by molar-refractivity contribution is 7.16. The number of alkyl halides is 3. The van der Waals surface area contributed by atoms with Crippen LogP contribution in [0.15, 0.2) is 48.1 Å². The number of hydrogen-bond donors (Lipinski definition) is 1. The Morgan fingerprint density at radius 1 is 1.03 bits per heavy atom. The van der Waals surface area contributed by atoms with Crippen molar-refractivity contribution in [3.63, 3.8) is 0 Å². The molecule has 0 fully saturated rings. The second-order valence-electron chi connectivity index (χ2n) is 8.54. The molecule has 198 valence electrons. The first-order valence-electron chi connectivity index (χ1n) is 11.6. The van der Waals surface area contributed by atoms with Gasteiger partial charge in [0.05, 0.1) is 32.5 Å². The van der Waals surface area contributed by atoms with Gasteiger partial charge in [0.2, 0.25) is 6.41 Å². The third-order valence-electron chi connectivity index (χ3n) is 5.60. The van der Waals surface area contributed by atoms with Crippen molar-refractivity contribution in [3.8, 4) is 10.6 Å². The number of nitrogens with one attached hydrogen (secondary N) is 1. The molecule has 0 aliphatic carbocycles. The van der Waals surface area contributed by atoms with Crippen LogP contribution in [0.5, 0.6) is 0 Å². The molecule has 12 heteroatoms. The maximum absolute atomic E-state index is 12.4. The number of pyridine rings is 2. The Bertz CT molecular complexity index is 1410. The van der Waals surface area contributed by atoms with E-state index in [4.69, 9.17) is 0 Å². The number of halogens is 3. The van der Waals surface area contributed by atoms with Crippen molar-refractivity contribution >= 4 is 45.6 Å². The summed E-state index contributed by atoms with van der Waals surface area (Å²) >= 11 is 3.26. The highest BCUT2D eigenvalue weighted by Gasteiger charge is 2.30. The fourth-order valence-corrected chi connectivity index (χ4v) is 5.28. The molecule has 4 aromatic rings. The van der Waals surface area contributed by atoms with Gasteiger partial charge in [0, 0.05) is 30.9 Å². The highest BCUT2D eigenvalue weighted by atomic mass is 32.1. The van der Waals surface area contributed by atoms with Gasteiger partial charge in [0.25, 0.3) is 0 Å². The Morgan fingerprint density at radius 3 is 2.39 bits per heavy atom. The average Bonchev–Trinajstić information content (AvgIpc) is 3.50. The first-order chi connectivity index (χ1) is 18.1. The molecule has 1 aliphatic rings. The molecular weight excluding hydrogens is 533 g/mol. The number of aryl methyl sites for hydroxylation is 3. The number of rotatable bonds is 5. The van der Waals surface area contributed by atoms with Crippen molar-refractivity contribution < 1.29 is 18.0 Å². The summed E-state index contributed by atoms with van der Waals surface area (Å²) in [5.74, 6) is 0.814. The van der Waals surface area contributed by atoms with Gasteiger partial charge in [-0.25, -0.2) is 15.0 Å². The van der Waals surface area contributed by atoms with E-state index in [-0.39, 0.29) is 0 Å². The van der Waals surface area contributed by atoms with E-state index in [0.29, 0.717) is 25.2 Å². The lowest BCUT2D eigenvalue weighted by Crippen LogP contribution is -2.26. The average molecular weight is 559 g/mol. The van der Waals surface area contributed by atoms with Crippen LogP contribution in [0.25, 0.3) is 16.1 Å².